The standard InChI is InChI=1S/C16H23Br3N2/c1-3-6-21-7-4-5-12(10-21)11(2)20-16-14(18)8-13(17)9-15(16)19/h8-9,11-12,20H,3-7,10H2,1-2H3. The fourth-order valence-corrected chi connectivity index (χ4v) is 5.53. The number of nitrogens with zero attached hydrogens (tertiary/aromatic N) is 1. The van der Waals surface area contributed by atoms with Crippen molar-refractivity contribution >= 4 is 53.5 Å². The summed E-state index contributed by atoms with van der Waals surface area (Å²) in [7, 11) is 0. The fraction of sp³-hybridized carbons (Fsp3) is 0.625. The van der Waals surface area contributed by atoms with E-state index in [1.807, 2.05) is 0 Å². The maximum atomic E-state index is 3.70. The number of hydrogen-bond donors (Lipinski definition) is 1. The molecule has 0 saturated carbocycles. The van der Waals surface area contributed by atoms with Gasteiger partial charge in [0.25, 0.3) is 0 Å². The van der Waals surface area contributed by atoms with Gasteiger partial charge in [0.1, 0.15) is 0 Å². The molecule has 1 fully saturated rings. The van der Waals surface area contributed by atoms with Crippen LogP contribution in [0, 0.1) is 5.92 Å². The molecule has 0 aromatic heterocycles. The number of benzene rings is 1. The van der Waals surface area contributed by atoms with E-state index >= 15 is 0 Å². The molecule has 1 saturated heterocycles. The van der Waals surface area contributed by atoms with Gasteiger partial charge in [0.05, 0.1) is 5.69 Å². The molecule has 1 aromatic carbocycles. The molecule has 1 aliphatic heterocycles. The van der Waals surface area contributed by atoms with Crippen LogP contribution in [0.1, 0.15) is 33.1 Å². The second-order valence-corrected chi connectivity index (χ2v) is 8.50. The maximum Gasteiger partial charge on any atom is 0.0631 e. The number of halogens is 3. The van der Waals surface area contributed by atoms with Crippen LogP contribution in [0.25, 0.3) is 0 Å². The third-order valence-corrected chi connectivity index (χ3v) is 5.88. The molecule has 0 spiro atoms. The highest BCUT2D eigenvalue weighted by Gasteiger charge is 2.25. The van der Waals surface area contributed by atoms with Gasteiger partial charge in [-0.2, -0.15) is 0 Å². The predicted octanol–water partition coefficient (Wildman–Crippen LogP) is 5.90. The van der Waals surface area contributed by atoms with Gasteiger partial charge in [-0.25, -0.2) is 0 Å². The van der Waals surface area contributed by atoms with Gasteiger partial charge in [0.15, 0.2) is 0 Å². The summed E-state index contributed by atoms with van der Waals surface area (Å²) in [5.74, 6) is 0.716. The second kappa shape index (κ2) is 8.32. The van der Waals surface area contributed by atoms with Crippen molar-refractivity contribution in [1.29, 1.82) is 0 Å². The summed E-state index contributed by atoms with van der Waals surface area (Å²) in [4.78, 5) is 2.61. The largest absolute Gasteiger partial charge is 0.380 e. The van der Waals surface area contributed by atoms with E-state index in [1.54, 1.807) is 0 Å². The van der Waals surface area contributed by atoms with Crippen LogP contribution >= 0.6 is 47.8 Å². The normalized spacial score (nSPS) is 21.3. The lowest BCUT2D eigenvalue weighted by molar-refractivity contribution is 0.165. The first kappa shape index (κ1) is 17.8. The topological polar surface area (TPSA) is 15.3 Å². The summed E-state index contributed by atoms with van der Waals surface area (Å²) in [6.07, 6.45) is 3.89. The number of nitrogens with one attached hydrogen (secondary N) is 1. The lowest BCUT2D eigenvalue weighted by Crippen LogP contribution is -2.42. The van der Waals surface area contributed by atoms with Gasteiger partial charge in [0.2, 0.25) is 0 Å². The highest BCUT2D eigenvalue weighted by atomic mass is 79.9. The summed E-state index contributed by atoms with van der Waals surface area (Å²) in [5, 5.41) is 3.70. The van der Waals surface area contributed by atoms with Crippen molar-refractivity contribution in [2.24, 2.45) is 5.92 Å². The first-order valence-electron chi connectivity index (χ1n) is 7.64. The minimum absolute atomic E-state index is 0.471. The number of anilines is 1. The molecule has 2 rings (SSSR count). The van der Waals surface area contributed by atoms with Crippen LogP contribution in [0.4, 0.5) is 5.69 Å². The highest BCUT2D eigenvalue weighted by Crippen LogP contribution is 2.36. The zero-order chi connectivity index (χ0) is 15.4. The maximum absolute atomic E-state index is 3.70. The van der Waals surface area contributed by atoms with E-state index in [0.717, 1.165) is 19.1 Å². The molecule has 1 aromatic rings. The van der Waals surface area contributed by atoms with E-state index in [9.17, 15) is 0 Å². The zero-order valence-corrected chi connectivity index (χ0v) is 17.4. The Bertz CT molecular complexity index is 454. The van der Waals surface area contributed by atoms with Crippen molar-refractivity contribution in [2.75, 3.05) is 25.0 Å². The van der Waals surface area contributed by atoms with Crippen molar-refractivity contribution in [1.82, 2.24) is 4.90 Å². The summed E-state index contributed by atoms with van der Waals surface area (Å²) < 4.78 is 3.26. The van der Waals surface area contributed by atoms with E-state index in [-0.39, 0.29) is 0 Å². The first-order chi connectivity index (χ1) is 10.0. The van der Waals surface area contributed by atoms with E-state index in [2.05, 4.69) is 84.0 Å². The quantitative estimate of drug-likeness (QED) is 0.562. The predicted molar refractivity (Wildman–Crippen MR) is 102 cm³/mol. The van der Waals surface area contributed by atoms with Gasteiger partial charge in [0, 0.05) is 26.0 Å². The lowest BCUT2D eigenvalue weighted by atomic mass is 9.91. The Morgan fingerprint density at radius 3 is 2.57 bits per heavy atom. The number of rotatable bonds is 5. The van der Waals surface area contributed by atoms with Crippen LogP contribution in [0.3, 0.4) is 0 Å². The molecule has 0 radical (unpaired) electrons. The molecule has 0 amide bonds. The molecule has 0 aliphatic carbocycles. The third kappa shape index (κ3) is 4.95. The Morgan fingerprint density at radius 1 is 1.29 bits per heavy atom. The molecular formula is C16H23Br3N2. The van der Waals surface area contributed by atoms with Crippen LogP contribution < -0.4 is 5.32 Å². The Labute approximate surface area is 153 Å². The molecule has 5 heteroatoms. The van der Waals surface area contributed by atoms with Gasteiger partial charge in [-0.3, -0.25) is 0 Å². The Hall–Kier alpha value is 0.420. The molecule has 1 N–H and O–H groups in total. The number of hydrogen-bond acceptors (Lipinski definition) is 2. The molecular weight excluding hydrogens is 460 g/mol. The Balaban J connectivity index is 2.02. The number of likely N-dealkylation sites (tertiary alicyclic amines) is 1. The van der Waals surface area contributed by atoms with Crippen LogP contribution in [0.15, 0.2) is 25.6 Å². The summed E-state index contributed by atoms with van der Waals surface area (Å²) in [6.45, 7) is 8.29. The Morgan fingerprint density at radius 2 is 1.95 bits per heavy atom. The lowest BCUT2D eigenvalue weighted by Gasteiger charge is -2.36. The third-order valence-electron chi connectivity index (χ3n) is 4.17. The van der Waals surface area contributed by atoms with Crippen LogP contribution in [0.5, 0.6) is 0 Å². The van der Waals surface area contributed by atoms with Gasteiger partial charge in [-0.15, -0.1) is 0 Å². The van der Waals surface area contributed by atoms with E-state index in [1.165, 1.54) is 38.9 Å². The summed E-state index contributed by atoms with van der Waals surface area (Å²) in [6, 6.07) is 4.65. The molecule has 0 bridgehead atoms. The van der Waals surface area contributed by atoms with Gasteiger partial charge >= 0.3 is 0 Å². The smallest absolute Gasteiger partial charge is 0.0631 e. The van der Waals surface area contributed by atoms with Crippen molar-refractivity contribution in [3.63, 3.8) is 0 Å². The monoisotopic (exact) mass is 480 g/mol. The van der Waals surface area contributed by atoms with Crippen LogP contribution in [-0.4, -0.2) is 30.6 Å². The zero-order valence-electron chi connectivity index (χ0n) is 12.6. The minimum Gasteiger partial charge on any atom is -0.380 e. The first-order valence-corrected chi connectivity index (χ1v) is 10.0. The van der Waals surface area contributed by atoms with E-state index in [4.69, 9.17) is 0 Å². The highest BCUT2D eigenvalue weighted by molar-refractivity contribution is 9.11. The van der Waals surface area contributed by atoms with Gasteiger partial charge in [-0.1, -0.05) is 22.9 Å². The van der Waals surface area contributed by atoms with E-state index in [0.29, 0.717) is 12.0 Å². The second-order valence-electron chi connectivity index (χ2n) is 5.88. The van der Waals surface area contributed by atoms with Crippen molar-refractivity contribution in [3.05, 3.63) is 25.6 Å². The molecule has 118 valence electrons. The van der Waals surface area contributed by atoms with Crippen molar-refractivity contribution in [3.8, 4) is 0 Å². The van der Waals surface area contributed by atoms with Gasteiger partial charge < -0.3 is 10.2 Å². The fourth-order valence-electron chi connectivity index (χ4n) is 3.04. The molecule has 1 aliphatic rings. The Kier molecular flexibility index (Phi) is 7.04. The molecule has 1 heterocycles. The molecule has 2 atom stereocenters. The summed E-state index contributed by atoms with van der Waals surface area (Å²) >= 11 is 10.8. The summed E-state index contributed by atoms with van der Waals surface area (Å²) in [5.41, 5.74) is 1.15. The number of piperidine rings is 1. The molecule has 2 unspecified atom stereocenters. The molecule has 21 heavy (non-hydrogen) atoms. The van der Waals surface area contributed by atoms with Crippen LogP contribution in [0.2, 0.25) is 0 Å². The van der Waals surface area contributed by atoms with Crippen molar-refractivity contribution in [2.45, 2.75) is 39.2 Å². The van der Waals surface area contributed by atoms with Crippen LogP contribution in [-0.2, 0) is 0 Å². The average molecular weight is 483 g/mol. The SMILES string of the molecule is CCCN1CCCC(C(C)Nc2c(Br)cc(Br)cc2Br)C1. The van der Waals surface area contributed by atoms with Gasteiger partial charge in [-0.05, 0) is 89.2 Å². The average Bonchev–Trinajstić information content (AvgIpc) is 2.43. The minimum atomic E-state index is 0.471. The van der Waals surface area contributed by atoms with E-state index < -0.39 is 0 Å². The molecule has 2 nitrogen and oxygen atoms in total. The van der Waals surface area contributed by atoms with Crippen molar-refractivity contribution < 1.29 is 0 Å².